The second-order valence-corrected chi connectivity index (χ2v) is 5.22. The van der Waals surface area contributed by atoms with Gasteiger partial charge >= 0.3 is 0 Å². The first kappa shape index (κ1) is 16.2. The second kappa shape index (κ2) is 6.75. The molecule has 0 fully saturated rings. The average Bonchev–Trinajstić information content (AvgIpc) is 2.50. The molecule has 0 aliphatic carbocycles. The van der Waals surface area contributed by atoms with Gasteiger partial charge in [0.15, 0.2) is 0 Å². The number of hydrogen-bond donors (Lipinski definition) is 2. The summed E-state index contributed by atoms with van der Waals surface area (Å²) in [6.45, 7) is 4.60. The van der Waals surface area contributed by atoms with E-state index in [1.807, 2.05) is 13.8 Å². The van der Waals surface area contributed by atoms with E-state index in [1.54, 1.807) is 19.2 Å². The number of benzene rings is 1. The quantitative estimate of drug-likeness (QED) is 0.893. The maximum atomic E-state index is 13.4. The lowest BCUT2D eigenvalue weighted by atomic mass is 10.0. The van der Waals surface area contributed by atoms with Crippen LogP contribution >= 0.6 is 0 Å². The molecule has 2 aromatic rings. The molecule has 1 heterocycles. The molecule has 0 saturated carbocycles. The summed E-state index contributed by atoms with van der Waals surface area (Å²) in [5.41, 5.74) is 1.12. The lowest BCUT2D eigenvalue weighted by Crippen LogP contribution is -2.30. The molecule has 0 radical (unpaired) electrons. The fourth-order valence-electron chi connectivity index (χ4n) is 2.65. The number of nitrogens with one attached hydrogen (secondary N) is 1. The highest BCUT2D eigenvalue weighted by molar-refractivity contribution is 5.62. The van der Waals surface area contributed by atoms with Gasteiger partial charge in [-0.15, -0.1) is 0 Å². The van der Waals surface area contributed by atoms with Crippen molar-refractivity contribution in [3.8, 4) is 17.0 Å². The Morgan fingerprint density at radius 3 is 2.64 bits per heavy atom. The highest BCUT2D eigenvalue weighted by atomic mass is 19.1. The van der Waals surface area contributed by atoms with E-state index in [2.05, 4.69) is 5.32 Å². The summed E-state index contributed by atoms with van der Waals surface area (Å²) >= 11 is 0. The smallest absolute Gasteiger partial charge is 0.259 e. The minimum atomic E-state index is -0.382. The van der Waals surface area contributed by atoms with Crippen LogP contribution in [-0.2, 0) is 7.05 Å². The van der Waals surface area contributed by atoms with Gasteiger partial charge in [0.25, 0.3) is 5.56 Å². The van der Waals surface area contributed by atoms with E-state index in [-0.39, 0.29) is 23.2 Å². The summed E-state index contributed by atoms with van der Waals surface area (Å²) < 4.78 is 14.8. The van der Waals surface area contributed by atoms with Crippen molar-refractivity contribution < 1.29 is 9.50 Å². The SMILES string of the molecule is CCNC(CC)c1c(O)cc(-c2cccc(F)c2)n(C)c1=O. The summed E-state index contributed by atoms with van der Waals surface area (Å²) in [5.74, 6) is -0.442. The first-order valence-electron chi connectivity index (χ1n) is 7.41. The van der Waals surface area contributed by atoms with Crippen molar-refractivity contribution in [1.29, 1.82) is 0 Å². The highest BCUT2D eigenvalue weighted by Gasteiger charge is 2.20. The van der Waals surface area contributed by atoms with Crippen molar-refractivity contribution in [2.45, 2.75) is 26.3 Å². The van der Waals surface area contributed by atoms with Crippen molar-refractivity contribution in [2.24, 2.45) is 7.05 Å². The number of hydrogen-bond acceptors (Lipinski definition) is 3. The minimum absolute atomic E-state index is 0.0600. The van der Waals surface area contributed by atoms with Crippen LogP contribution in [0, 0.1) is 5.82 Å². The number of aromatic hydroxyl groups is 1. The van der Waals surface area contributed by atoms with Gasteiger partial charge in [0.05, 0.1) is 11.3 Å². The predicted octanol–water partition coefficient (Wildman–Crippen LogP) is 2.96. The fraction of sp³-hybridized carbons (Fsp3) is 0.353. The van der Waals surface area contributed by atoms with Gasteiger partial charge in [-0.05, 0) is 25.1 Å². The Morgan fingerprint density at radius 2 is 2.05 bits per heavy atom. The normalized spacial score (nSPS) is 12.4. The van der Waals surface area contributed by atoms with Gasteiger partial charge in [-0.1, -0.05) is 26.0 Å². The Hall–Kier alpha value is -2.14. The van der Waals surface area contributed by atoms with E-state index in [0.717, 1.165) is 0 Å². The summed E-state index contributed by atoms with van der Waals surface area (Å²) in [6, 6.07) is 7.28. The van der Waals surface area contributed by atoms with Gasteiger partial charge in [-0.25, -0.2) is 4.39 Å². The van der Waals surface area contributed by atoms with Gasteiger partial charge in [0, 0.05) is 24.7 Å². The first-order chi connectivity index (χ1) is 10.5. The van der Waals surface area contributed by atoms with Crippen LogP contribution in [0.2, 0.25) is 0 Å². The molecule has 1 aromatic carbocycles. The molecule has 2 N–H and O–H groups in total. The molecule has 0 aliphatic rings. The van der Waals surface area contributed by atoms with E-state index in [1.165, 1.54) is 22.8 Å². The van der Waals surface area contributed by atoms with Gasteiger partial charge in [-0.2, -0.15) is 0 Å². The molecule has 4 nitrogen and oxygen atoms in total. The third kappa shape index (κ3) is 3.04. The molecular formula is C17H21FN2O2. The number of rotatable bonds is 5. The predicted molar refractivity (Wildman–Crippen MR) is 85.5 cm³/mol. The molecule has 1 aromatic heterocycles. The largest absolute Gasteiger partial charge is 0.507 e. The second-order valence-electron chi connectivity index (χ2n) is 5.22. The molecule has 2 rings (SSSR count). The molecule has 0 spiro atoms. The van der Waals surface area contributed by atoms with Crippen molar-refractivity contribution in [1.82, 2.24) is 9.88 Å². The summed E-state index contributed by atoms with van der Waals surface area (Å²) in [5, 5.41) is 13.5. The minimum Gasteiger partial charge on any atom is -0.507 e. The summed E-state index contributed by atoms with van der Waals surface area (Å²) in [7, 11) is 1.63. The van der Waals surface area contributed by atoms with Crippen LogP contribution in [0.5, 0.6) is 5.75 Å². The van der Waals surface area contributed by atoms with E-state index in [4.69, 9.17) is 0 Å². The fourth-order valence-corrected chi connectivity index (χ4v) is 2.65. The Balaban J connectivity index is 2.61. The van der Waals surface area contributed by atoms with Gasteiger partial charge in [0.2, 0.25) is 0 Å². The van der Waals surface area contributed by atoms with Crippen LogP contribution in [-0.4, -0.2) is 16.2 Å². The van der Waals surface area contributed by atoms with Crippen LogP contribution in [0.1, 0.15) is 31.9 Å². The van der Waals surface area contributed by atoms with Crippen molar-refractivity contribution in [3.05, 3.63) is 52.1 Å². The highest BCUT2D eigenvalue weighted by Crippen LogP contribution is 2.28. The third-order valence-corrected chi connectivity index (χ3v) is 3.77. The topological polar surface area (TPSA) is 54.3 Å². The number of nitrogens with zero attached hydrogens (tertiary/aromatic N) is 1. The molecule has 22 heavy (non-hydrogen) atoms. The average molecular weight is 304 g/mol. The molecular weight excluding hydrogens is 283 g/mol. The molecule has 1 atom stereocenters. The van der Waals surface area contributed by atoms with E-state index in [9.17, 15) is 14.3 Å². The number of aromatic nitrogens is 1. The van der Waals surface area contributed by atoms with Crippen LogP contribution in [0.15, 0.2) is 35.1 Å². The molecule has 5 heteroatoms. The van der Waals surface area contributed by atoms with Crippen LogP contribution < -0.4 is 10.9 Å². The lowest BCUT2D eigenvalue weighted by molar-refractivity contribution is 0.438. The van der Waals surface area contributed by atoms with E-state index >= 15 is 0 Å². The Labute approximate surface area is 129 Å². The zero-order valence-corrected chi connectivity index (χ0v) is 13.1. The van der Waals surface area contributed by atoms with Crippen molar-refractivity contribution >= 4 is 0 Å². The Bertz CT molecular complexity index is 725. The Kier molecular flexibility index (Phi) is 4.98. The van der Waals surface area contributed by atoms with E-state index < -0.39 is 0 Å². The zero-order valence-electron chi connectivity index (χ0n) is 13.1. The molecule has 0 bridgehead atoms. The van der Waals surface area contributed by atoms with Crippen molar-refractivity contribution in [2.75, 3.05) is 6.54 Å². The van der Waals surface area contributed by atoms with Crippen LogP contribution in [0.25, 0.3) is 11.3 Å². The molecule has 0 amide bonds. The lowest BCUT2D eigenvalue weighted by Gasteiger charge is -2.19. The third-order valence-electron chi connectivity index (χ3n) is 3.77. The van der Waals surface area contributed by atoms with E-state index in [0.29, 0.717) is 29.8 Å². The monoisotopic (exact) mass is 304 g/mol. The molecule has 118 valence electrons. The van der Waals surface area contributed by atoms with Gasteiger partial charge in [0.1, 0.15) is 11.6 Å². The maximum Gasteiger partial charge on any atom is 0.259 e. The number of halogens is 1. The first-order valence-corrected chi connectivity index (χ1v) is 7.41. The zero-order chi connectivity index (χ0) is 16.3. The molecule has 1 unspecified atom stereocenters. The number of pyridine rings is 1. The van der Waals surface area contributed by atoms with Crippen molar-refractivity contribution in [3.63, 3.8) is 0 Å². The molecule has 0 saturated heterocycles. The van der Waals surface area contributed by atoms with Gasteiger partial charge < -0.3 is 15.0 Å². The summed E-state index contributed by atoms with van der Waals surface area (Å²) in [4.78, 5) is 12.6. The maximum absolute atomic E-state index is 13.4. The van der Waals surface area contributed by atoms with Crippen LogP contribution in [0.3, 0.4) is 0 Å². The Morgan fingerprint density at radius 1 is 1.32 bits per heavy atom. The molecule has 0 aliphatic heterocycles. The standard InChI is InChI=1S/C17H21FN2O2/c1-4-13(19-5-2)16-15(21)10-14(20(3)17(16)22)11-7-6-8-12(18)9-11/h6-10,13,19,21H,4-5H2,1-3H3. The summed E-state index contributed by atoms with van der Waals surface area (Å²) in [6.07, 6.45) is 0.690. The van der Waals surface area contributed by atoms with Crippen LogP contribution in [0.4, 0.5) is 4.39 Å². The van der Waals surface area contributed by atoms with Gasteiger partial charge in [-0.3, -0.25) is 4.79 Å².